The van der Waals surface area contributed by atoms with Gasteiger partial charge in [-0.2, -0.15) is 0 Å². The van der Waals surface area contributed by atoms with Gasteiger partial charge in [-0.25, -0.2) is 0 Å². The van der Waals surface area contributed by atoms with E-state index < -0.39 is 0 Å². The number of halogens is 2. The van der Waals surface area contributed by atoms with Crippen molar-refractivity contribution in [1.82, 2.24) is 0 Å². The van der Waals surface area contributed by atoms with Gasteiger partial charge in [-0.15, -0.1) is 0 Å². The Morgan fingerprint density at radius 2 is 2.00 bits per heavy atom. The normalized spacial score (nSPS) is 10.7. The SMILES string of the molecule is CC(C)CCCNc1cc(Cl)ccc1Cl. The van der Waals surface area contributed by atoms with Gasteiger partial charge in [0.05, 0.1) is 10.7 Å². The highest BCUT2D eigenvalue weighted by atomic mass is 35.5. The van der Waals surface area contributed by atoms with Gasteiger partial charge < -0.3 is 5.32 Å². The Morgan fingerprint density at radius 3 is 2.67 bits per heavy atom. The smallest absolute Gasteiger partial charge is 0.0638 e. The number of anilines is 1. The molecule has 1 aromatic rings. The molecular weight excluding hydrogens is 229 g/mol. The van der Waals surface area contributed by atoms with Crippen molar-refractivity contribution in [2.45, 2.75) is 26.7 Å². The molecule has 0 unspecified atom stereocenters. The van der Waals surface area contributed by atoms with Gasteiger partial charge >= 0.3 is 0 Å². The number of benzene rings is 1. The lowest BCUT2D eigenvalue weighted by molar-refractivity contribution is 0.567. The molecule has 0 bridgehead atoms. The van der Waals surface area contributed by atoms with E-state index >= 15 is 0 Å². The van der Waals surface area contributed by atoms with Crippen LogP contribution in [0.3, 0.4) is 0 Å². The quantitative estimate of drug-likeness (QED) is 0.733. The van der Waals surface area contributed by atoms with E-state index in [1.807, 2.05) is 12.1 Å². The highest BCUT2D eigenvalue weighted by Gasteiger charge is 2.00. The molecule has 0 spiro atoms. The molecule has 84 valence electrons. The van der Waals surface area contributed by atoms with Crippen LogP contribution in [0, 0.1) is 5.92 Å². The molecule has 15 heavy (non-hydrogen) atoms. The number of hydrogen-bond acceptors (Lipinski definition) is 1. The van der Waals surface area contributed by atoms with E-state index in [9.17, 15) is 0 Å². The van der Waals surface area contributed by atoms with Crippen LogP contribution in [0.25, 0.3) is 0 Å². The van der Waals surface area contributed by atoms with E-state index in [0.717, 1.165) is 29.6 Å². The molecular formula is C12H17Cl2N. The summed E-state index contributed by atoms with van der Waals surface area (Å²) in [6.07, 6.45) is 2.38. The van der Waals surface area contributed by atoms with Crippen LogP contribution >= 0.6 is 23.2 Å². The van der Waals surface area contributed by atoms with Gasteiger partial charge in [0.15, 0.2) is 0 Å². The van der Waals surface area contributed by atoms with E-state index in [2.05, 4.69) is 19.2 Å². The van der Waals surface area contributed by atoms with E-state index in [4.69, 9.17) is 23.2 Å². The van der Waals surface area contributed by atoms with Crippen molar-refractivity contribution in [2.75, 3.05) is 11.9 Å². The Balaban J connectivity index is 2.40. The first-order chi connectivity index (χ1) is 7.09. The van der Waals surface area contributed by atoms with E-state index in [0.29, 0.717) is 5.02 Å². The van der Waals surface area contributed by atoms with Crippen molar-refractivity contribution >= 4 is 28.9 Å². The van der Waals surface area contributed by atoms with Gasteiger partial charge in [-0.1, -0.05) is 37.0 Å². The molecule has 0 aromatic heterocycles. The number of nitrogens with one attached hydrogen (secondary N) is 1. The molecule has 1 N–H and O–H groups in total. The molecule has 0 fully saturated rings. The van der Waals surface area contributed by atoms with E-state index in [1.165, 1.54) is 6.42 Å². The maximum atomic E-state index is 6.02. The van der Waals surface area contributed by atoms with Crippen molar-refractivity contribution in [3.8, 4) is 0 Å². The zero-order valence-electron chi connectivity index (χ0n) is 9.19. The summed E-state index contributed by atoms with van der Waals surface area (Å²) in [7, 11) is 0. The second-order valence-corrected chi connectivity index (χ2v) is 4.93. The van der Waals surface area contributed by atoms with Crippen molar-refractivity contribution in [2.24, 2.45) is 5.92 Å². The standard InChI is InChI=1S/C12H17Cl2N/c1-9(2)4-3-7-15-12-8-10(13)5-6-11(12)14/h5-6,8-9,15H,3-4,7H2,1-2H3. The maximum absolute atomic E-state index is 6.02. The van der Waals surface area contributed by atoms with Crippen molar-refractivity contribution in [1.29, 1.82) is 0 Å². The second-order valence-electron chi connectivity index (χ2n) is 4.09. The summed E-state index contributed by atoms with van der Waals surface area (Å²) in [5, 5.41) is 4.73. The minimum absolute atomic E-state index is 0.714. The summed E-state index contributed by atoms with van der Waals surface area (Å²) in [5.41, 5.74) is 0.924. The lowest BCUT2D eigenvalue weighted by Crippen LogP contribution is -2.03. The molecule has 0 aliphatic heterocycles. The van der Waals surface area contributed by atoms with Gasteiger partial charge in [0, 0.05) is 11.6 Å². The first-order valence-electron chi connectivity index (χ1n) is 5.28. The second kappa shape index (κ2) is 6.24. The molecule has 0 saturated heterocycles. The Morgan fingerprint density at radius 1 is 1.27 bits per heavy atom. The average Bonchev–Trinajstić information content (AvgIpc) is 2.17. The van der Waals surface area contributed by atoms with Crippen LogP contribution in [0.2, 0.25) is 10.0 Å². The molecule has 1 rings (SSSR count). The van der Waals surface area contributed by atoms with Crippen LogP contribution in [0.4, 0.5) is 5.69 Å². The molecule has 0 saturated carbocycles. The fourth-order valence-corrected chi connectivity index (χ4v) is 1.72. The van der Waals surface area contributed by atoms with Gasteiger partial charge in [0.1, 0.15) is 0 Å². The summed E-state index contributed by atoms with van der Waals surface area (Å²) in [6.45, 7) is 5.40. The van der Waals surface area contributed by atoms with Gasteiger partial charge in [0.25, 0.3) is 0 Å². The predicted molar refractivity (Wildman–Crippen MR) is 69.0 cm³/mol. The van der Waals surface area contributed by atoms with Crippen molar-refractivity contribution in [3.63, 3.8) is 0 Å². The Hall–Kier alpha value is -0.400. The fourth-order valence-electron chi connectivity index (χ4n) is 1.37. The van der Waals surface area contributed by atoms with Crippen molar-refractivity contribution < 1.29 is 0 Å². The van der Waals surface area contributed by atoms with Gasteiger partial charge in [0.2, 0.25) is 0 Å². The zero-order valence-corrected chi connectivity index (χ0v) is 10.7. The van der Waals surface area contributed by atoms with Crippen LogP contribution in [-0.4, -0.2) is 6.54 Å². The number of hydrogen-bond donors (Lipinski definition) is 1. The molecule has 0 atom stereocenters. The highest BCUT2D eigenvalue weighted by molar-refractivity contribution is 6.35. The molecule has 3 heteroatoms. The predicted octanol–water partition coefficient (Wildman–Crippen LogP) is 4.84. The minimum atomic E-state index is 0.714. The van der Waals surface area contributed by atoms with Gasteiger partial charge in [-0.3, -0.25) is 0 Å². The summed E-state index contributed by atoms with van der Waals surface area (Å²) in [4.78, 5) is 0. The van der Waals surface area contributed by atoms with Crippen LogP contribution in [-0.2, 0) is 0 Å². The van der Waals surface area contributed by atoms with Crippen LogP contribution in [0.1, 0.15) is 26.7 Å². The van der Waals surface area contributed by atoms with Gasteiger partial charge in [-0.05, 0) is 37.0 Å². The first-order valence-corrected chi connectivity index (χ1v) is 6.04. The maximum Gasteiger partial charge on any atom is 0.0638 e. The van der Waals surface area contributed by atoms with E-state index in [-0.39, 0.29) is 0 Å². The van der Waals surface area contributed by atoms with Crippen molar-refractivity contribution in [3.05, 3.63) is 28.2 Å². The van der Waals surface area contributed by atoms with E-state index in [1.54, 1.807) is 6.07 Å². The van der Waals surface area contributed by atoms with Crippen LogP contribution < -0.4 is 5.32 Å². The molecule has 0 aliphatic rings. The monoisotopic (exact) mass is 245 g/mol. The summed E-state index contributed by atoms with van der Waals surface area (Å²) in [5.74, 6) is 0.752. The Kier molecular flexibility index (Phi) is 5.27. The molecule has 0 heterocycles. The molecule has 0 radical (unpaired) electrons. The Bertz CT molecular complexity index is 310. The fraction of sp³-hybridized carbons (Fsp3) is 0.500. The largest absolute Gasteiger partial charge is 0.384 e. The molecule has 0 amide bonds. The van der Waals surface area contributed by atoms with Crippen LogP contribution in [0.5, 0.6) is 0 Å². The number of rotatable bonds is 5. The molecule has 1 nitrogen and oxygen atoms in total. The average molecular weight is 246 g/mol. The zero-order chi connectivity index (χ0) is 11.3. The summed E-state index contributed by atoms with van der Waals surface area (Å²) < 4.78 is 0. The molecule has 1 aromatic carbocycles. The lowest BCUT2D eigenvalue weighted by Gasteiger charge is -2.09. The summed E-state index contributed by atoms with van der Waals surface area (Å²) in [6, 6.07) is 5.47. The molecule has 0 aliphatic carbocycles. The highest BCUT2D eigenvalue weighted by Crippen LogP contribution is 2.25. The van der Waals surface area contributed by atoms with Crippen LogP contribution in [0.15, 0.2) is 18.2 Å². The summed E-state index contributed by atoms with van der Waals surface area (Å²) >= 11 is 11.9. The minimum Gasteiger partial charge on any atom is -0.384 e. The topological polar surface area (TPSA) is 12.0 Å². The third-order valence-electron chi connectivity index (χ3n) is 2.20. The third-order valence-corrected chi connectivity index (χ3v) is 2.77. The first kappa shape index (κ1) is 12.7. The lowest BCUT2D eigenvalue weighted by atomic mass is 10.1. The third kappa shape index (κ3) is 4.76. The Labute approximate surface area is 102 Å².